The standard InChI is InChI=1S/C30H32FN3O4S/c31-27-13-7-4-10-24(27)19-33(29(35)21-39-20-23-14-16-26(17-15-23)34(37)38)28(18-22-8-2-1-3-9-22)30(36)32-25-11-5-6-12-25/h1-4,7-10,13-17,25,28H,5-6,11-12,18-21H2,(H,32,36). The van der Waals surface area contributed by atoms with Gasteiger partial charge in [-0.3, -0.25) is 19.7 Å². The SMILES string of the molecule is O=C(NC1CCCC1)C(Cc1ccccc1)N(Cc1ccccc1F)C(=O)CSCc1ccc([N+](=O)[O-])cc1. The third-order valence-electron chi connectivity index (χ3n) is 6.91. The van der Waals surface area contributed by atoms with Crippen molar-refractivity contribution in [2.75, 3.05) is 5.75 Å². The molecule has 39 heavy (non-hydrogen) atoms. The summed E-state index contributed by atoms with van der Waals surface area (Å²) in [5.74, 6) is -0.380. The predicted molar refractivity (Wildman–Crippen MR) is 151 cm³/mol. The van der Waals surface area contributed by atoms with Crippen molar-refractivity contribution in [2.24, 2.45) is 0 Å². The summed E-state index contributed by atoms with van der Waals surface area (Å²) in [6.45, 7) is -0.0286. The number of hydrogen-bond acceptors (Lipinski definition) is 5. The highest BCUT2D eigenvalue weighted by Crippen LogP contribution is 2.22. The van der Waals surface area contributed by atoms with Crippen LogP contribution in [-0.2, 0) is 28.3 Å². The van der Waals surface area contributed by atoms with Crippen LogP contribution in [-0.4, -0.2) is 39.5 Å². The maximum absolute atomic E-state index is 14.7. The first-order valence-corrected chi connectivity index (χ1v) is 14.2. The van der Waals surface area contributed by atoms with E-state index in [1.807, 2.05) is 30.3 Å². The maximum Gasteiger partial charge on any atom is 0.269 e. The van der Waals surface area contributed by atoms with E-state index in [2.05, 4.69) is 5.32 Å². The molecule has 204 valence electrons. The lowest BCUT2D eigenvalue weighted by Crippen LogP contribution is -2.52. The number of thioether (sulfide) groups is 1. The zero-order valence-corrected chi connectivity index (χ0v) is 22.4. The second-order valence-corrected chi connectivity index (χ2v) is 10.7. The van der Waals surface area contributed by atoms with Gasteiger partial charge in [-0.15, -0.1) is 11.8 Å². The van der Waals surface area contributed by atoms with E-state index in [4.69, 9.17) is 0 Å². The van der Waals surface area contributed by atoms with Crippen LogP contribution in [0.3, 0.4) is 0 Å². The number of halogens is 1. The molecule has 1 unspecified atom stereocenters. The number of rotatable bonds is 12. The van der Waals surface area contributed by atoms with Gasteiger partial charge in [0.15, 0.2) is 0 Å². The van der Waals surface area contributed by atoms with Crippen LogP contribution in [0.5, 0.6) is 0 Å². The Morgan fingerprint density at radius 1 is 0.974 bits per heavy atom. The summed E-state index contributed by atoms with van der Waals surface area (Å²) in [5, 5.41) is 14.1. The van der Waals surface area contributed by atoms with Crippen molar-refractivity contribution in [1.82, 2.24) is 10.2 Å². The number of hydrogen-bond donors (Lipinski definition) is 1. The topological polar surface area (TPSA) is 92.6 Å². The van der Waals surface area contributed by atoms with Gasteiger partial charge in [0.05, 0.1) is 10.7 Å². The first-order valence-electron chi connectivity index (χ1n) is 13.1. The number of amides is 2. The number of non-ortho nitro benzene ring substituents is 1. The zero-order valence-electron chi connectivity index (χ0n) is 21.6. The molecule has 9 heteroatoms. The number of nitro groups is 1. The minimum atomic E-state index is -0.805. The first-order chi connectivity index (χ1) is 18.9. The number of nitro benzene ring substituents is 1. The summed E-state index contributed by atoms with van der Waals surface area (Å²) in [4.78, 5) is 39.3. The Balaban J connectivity index is 1.55. The monoisotopic (exact) mass is 549 g/mol. The van der Waals surface area contributed by atoms with Gasteiger partial charge in [0.25, 0.3) is 5.69 Å². The summed E-state index contributed by atoms with van der Waals surface area (Å²) in [6.07, 6.45) is 4.26. The van der Waals surface area contributed by atoms with Gasteiger partial charge in [-0.2, -0.15) is 0 Å². The molecule has 1 N–H and O–H groups in total. The van der Waals surface area contributed by atoms with E-state index in [9.17, 15) is 24.1 Å². The number of carbonyl (C=O) groups is 2. The molecular formula is C30H32FN3O4S. The maximum atomic E-state index is 14.7. The molecule has 1 atom stereocenters. The summed E-state index contributed by atoms with van der Waals surface area (Å²) >= 11 is 1.35. The molecule has 0 radical (unpaired) electrons. The van der Waals surface area contributed by atoms with E-state index in [1.165, 1.54) is 34.9 Å². The minimum absolute atomic E-state index is 0.00733. The Labute approximate surface area is 231 Å². The highest BCUT2D eigenvalue weighted by molar-refractivity contribution is 7.99. The number of benzene rings is 3. The predicted octanol–water partition coefficient (Wildman–Crippen LogP) is 5.67. The Morgan fingerprint density at radius 2 is 1.64 bits per heavy atom. The Kier molecular flexibility index (Phi) is 10.1. The fourth-order valence-corrected chi connectivity index (χ4v) is 5.66. The van der Waals surface area contributed by atoms with Crippen LogP contribution in [0.4, 0.5) is 10.1 Å². The molecule has 0 aliphatic heterocycles. The van der Waals surface area contributed by atoms with Gasteiger partial charge in [0, 0.05) is 42.5 Å². The molecule has 4 rings (SSSR count). The molecular weight excluding hydrogens is 517 g/mol. The molecule has 3 aromatic rings. The van der Waals surface area contributed by atoms with Crippen molar-refractivity contribution >= 4 is 29.3 Å². The highest BCUT2D eigenvalue weighted by atomic mass is 32.2. The molecule has 2 amide bonds. The van der Waals surface area contributed by atoms with E-state index in [-0.39, 0.29) is 35.8 Å². The van der Waals surface area contributed by atoms with Crippen molar-refractivity contribution in [2.45, 2.75) is 56.5 Å². The molecule has 7 nitrogen and oxygen atoms in total. The second kappa shape index (κ2) is 13.9. The van der Waals surface area contributed by atoms with Crippen molar-refractivity contribution < 1.29 is 18.9 Å². The minimum Gasteiger partial charge on any atom is -0.352 e. The van der Waals surface area contributed by atoms with Crippen LogP contribution in [0.1, 0.15) is 42.4 Å². The lowest BCUT2D eigenvalue weighted by molar-refractivity contribution is -0.384. The third kappa shape index (κ3) is 8.13. The molecule has 1 aliphatic carbocycles. The second-order valence-electron chi connectivity index (χ2n) is 9.72. The van der Waals surface area contributed by atoms with Gasteiger partial charge in [-0.1, -0.05) is 73.5 Å². The molecule has 0 bridgehead atoms. The number of nitrogens with zero attached hydrogens (tertiary/aromatic N) is 2. The Hall–Kier alpha value is -3.72. The van der Waals surface area contributed by atoms with Crippen LogP contribution >= 0.6 is 11.8 Å². The largest absolute Gasteiger partial charge is 0.352 e. The van der Waals surface area contributed by atoms with Crippen LogP contribution < -0.4 is 5.32 Å². The molecule has 1 aliphatic rings. The van der Waals surface area contributed by atoms with Gasteiger partial charge < -0.3 is 10.2 Å². The molecule has 3 aromatic carbocycles. The van der Waals surface area contributed by atoms with Gasteiger partial charge >= 0.3 is 0 Å². The summed E-state index contributed by atoms with van der Waals surface area (Å²) in [7, 11) is 0. The van der Waals surface area contributed by atoms with Crippen LogP contribution in [0, 0.1) is 15.9 Å². The van der Waals surface area contributed by atoms with Crippen molar-refractivity contribution in [3.63, 3.8) is 0 Å². The lowest BCUT2D eigenvalue weighted by Gasteiger charge is -2.32. The fourth-order valence-electron chi connectivity index (χ4n) is 4.78. The molecule has 0 aromatic heterocycles. The molecule has 0 spiro atoms. The van der Waals surface area contributed by atoms with Crippen molar-refractivity contribution in [1.29, 1.82) is 0 Å². The van der Waals surface area contributed by atoms with Crippen LogP contribution in [0.15, 0.2) is 78.9 Å². The first kappa shape index (κ1) is 28.3. The normalized spacial score (nSPS) is 14.1. The molecule has 1 saturated carbocycles. The van der Waals surface area contributed by atoms with Crippen molar-refractivity contribution in [3.8, 4) is 0 Å². The van der Waals surface area contributed by atoms with E-state index < -0.39 is 16.8 Å². The van der Waals surface area contributed by atoms with E-state index in [1.54, 1.807) is 30.3 Å². The van der Waals surface area contributed by atoms with Gasteiger partial charge in [-0.05, 0) is 30.0 Å². The average Bonchev–Trinajstić information content (AvgIpc) is 3.45. The summed E-state index contributed by atoms with van der Waals surface area (Å²) in [6, 6.07) is 21.3. The average molecular weight is 550 g/mol. The number of nitrogens with one attached hydrogen (secondary N) is 1. The van der Waals surface area contributed by atoms with Gasteiger partial charge in [0.1, 0.15) is 11.9 Å². The van der Waals surface area contributed by atoms with Crippen LogP contribution in [0.2, 0.25) is 0 Å². The van der Waals surface area contributed by atoms with E-state index >= 15 is 0 Å². The van der Waals surface area contributed by atoms with E-state index in [0.717, 1.165) is 36.8 Å². The van der Waals surface area contributed by atoms with E-state index in [0.29, 0.717) is 17.7 Å². The van der Waals surface area contributed by atoms with Crippen molar-refractivity contribution in [3.05, 3.63) is 111 Å². The summed E-state index contributed by atoms with van der Waals surface area (Å²) < 4.78 is 14.7. The molecule has 0 saturated heterocycles. The zero-order chi connectivity index (χ0) is 27.6. The molecule has 1 fully saturated rings. The van der Waals surface area contributed by atoms with Crippen LogP contribution in [0.25, 0.3) is 0 Å². The Bertz CT molecular complexity index is 1270. The number of carbonyl (C=O) groups excluding carboxylic acids is 2. The summed E-state index contributed by atoms with van der Waals surface area (Å²) in [5.41, 5.74) is 2.11. The highest BCUT2D eigenvalue weighted by Gasteiger charge is 2.32. The lowest BCUT2D eigenvalue weighted by atomic mass is 10.0. The van der Waals surface area contributed by atoms with Gasteiger partial charge in [0.2, 0.25) is 11.8 Å². The molecule has 0 heterocycles. The smallest absolute Gasteiger partial charge is 0.269 e. The third-order valence-corrected chi connectivity index (χ3v) is 7.90. The quantitative estimate of drug-likeness (QED) is 0.232. The Morgan fingerprint density at radius 3 is 2.31 bits per heavy atom. The fraction of sp³-hybridized carbons (Fsp3) is 0.333. The van der Waals surface area contributed by atoms with Gasteiger partial charge in [-0.25, -0.2) is 4.39 Å².